The van der Waals surface area contributed by atoms with Gasteiger partial charge in [-0.1, -0.05) is 6.92 Å². The van der Waals surface area contributed by atoms with Gasteiger partial charge >= 0.3 is 0 Å². The third-order valence-electron chi connectivity index (χ3n) is 6.84. The first-order valence-corrected chi connectivity index (χ1v) is 14.8. The van der Waals surface area contributed by atoms with Crippen LogP contribution in [0.1, 0.15) is 36.7 Å². The Balaban J connectivity index is 1.15. The number of hydrogen-bond donors (Lipinski definition) is 2. The molecule has 6 rings (SSSR count). The highest BCUT2D eigenvalue weighted by Crippen LogP contribution is 2.28. The van der Waals surface area contributed by atoms with Gasteiger partial charge in [0.2, 0.25) is 5.91 Å². The van der Waals surface area contributed by atoms with E-state index in [1.165, 1.54) is 24.4 Å². The van der Waals surface area contributed by atoms with E-state index in [1.807, 2.05) is 46.7 Å². The number of nitrogens with one attached hydrogen (secondary N) is 2. The number of carbonyl (C=O) groups is 1. The summed E-state index contributed by atoms with van der Waals surface area (Å²) < 4.78 is 8.34. The summed E-state index contributed by atoms with van der Waals surface area (Å²) in [5.74, 6) is 1.34. The first-order valence-electron chi connectivity index (χ1n) is 13.1. The molecule has 0 aromatic carbocycles. The van der Waals surface area contributed by atoms with Crippen molar-refractivity contribution in [3.8, 4) is 11.3 Å². The Labute approximate surface area is 234 Å². The molecule has 6 heterocycles. The molecule has 0 spiro atoms. The molecule has 1 aliphatic rings. The molecule has 5 aromatic heterocycles. The Morgan fingerprint density at radius 3 is 3.03 bits per heavy atom. The van der Waals surface area contributed by atoms with E-state index in [0.717, 1.165) is 64.4 Å². The van der Waals surface area contributed by atoms with Crippen molar-refractivity contribution < 1.29 is 4.79 Å². The zero-order valence-corrected chi connectivity index (χ0v) is 23.6. The molecule has 39 heavy (non-hydrogen) atoms. The molecule has 1 atom stereocenters. The molecular weight excluding hydrogens is 530 g/mol. The van der Waals surface area contributed by atoms with Crippen LogP contribution >= 0.6 is 22.9 Å². The van der Waals surface area contributed by atoms with Crippen molar-refractivity contribution in [3.63, 3.8) is 0 Å². The summed E-state index contributed by atoms with van der Waals surface area (Å²) in [4.78, 5) is 24.3. The number of fused-ring (bicyclic) bond motifs is 1. The molecule has 1 aliphatic heterocycles. The number of amides is 1. The Morgan fingerprint density at radius 1 is 1.26 bits per heavy atom. The second-order valence-electron chi connectivity index (χ2n) is 10.2. The number of rotatable bonds is 9. The summed E-state index contributed by atoms with van der Waals surface area (Å²) in [5, 5.41) is 15.8. The van der Waals surface area contributed by atoms with Crippen molar-refractivity contribution in [2.24, 2.45) is 5.92 Å². The van der Waals surface area contributed by atoms with Gasteiger partial charge in [-0.25, -0.2) is 9.97 Å². The molecule has 0 radical (unpaired) electrons. The minimum Gasteiger partial charge on any atom is -0.350 e. The topological polar surface area (TPSA) is 105 Å². The SMILES string of the molecule is Cc1cn2c(-c3cnn(CC(=O)NCc4ccsc4)c3)cnc2c(Nc2cc(CN3CCCC(C)C3)ns2)n1. The van der Waals surface area contributed by atoms with Gasteiger partial charge in [0.05, 0.1) is 29.5 Å². The maximum Gasteiger partial charge on any atom is 0.241 e. The number of carbonyl (C=O) groups excluding carboxylic acids is 1. The number of nitrogens with zero attached hydrogens (tertiary/aromatic N) is 7. The van der Waals surface area contributed by atoms with Gasteiger partial charge in [0.25, 0.3) is 0 Å². The van der Waals surface area contributed by atoms with Crippen LogP contribution in [-0.4, -0.2) is 52.4 Å². The summed E-state index contributed by atoms with van der Waals surface area (Å²) in [6.07, 6.45) is 9.97. The van der Waals surface area contributed by atoms with Crippen molar-refractivity contribution in [2.45, 2.75) is 46.3 Å². The second kappa shape index (κ2) is 11.2. The third kappa shape index (κ3) is 6.02. The van der Waals surface area contributed by atoms with Gasteiger partial charge < -0.3 is 10.6 Å². The lowest BCUT2D eigenvalue weighted by Crippen LogP contribution is -2.33. The molecular formula is C27H31N9OS2. The Bertz CT molecular complexity index is 1570. The number of anilines is 2. The number of likely N-dealkylation sites (tertiary alicyclic amines) is 1. The molecule has 12 heteroatoms. The van der Waals surface area contributed by atoms with E-state index in [-0.39, 0.29) is 12.5 Å². The number of imidazole rings is 1. The predicted octanol–water partition coefficient (Wildman–Crippen LogP) is 4.71. The van der Waals surface area contributed by atoms with E-state index < -0.39 is 0 Å². The Kier molecular flexibility index (Phi) is 7.40. The van der Waals surface area contributed by atoms with Crippen LogP contribution in [0.2, 0.25) is 0 Å². The lowest BCUT2D eigenvalue weighted by atomic mass is 10.0. The van der Waals surface area contributed by atoms with Crippen LogP contribution in [0.4, 0.5) is 10.8 Å². The molecule has 1 amide bonds. The normalized spacial score (nSPS) is 16.1. The molecule has 0 saturated carbocycles. The van der Waals surface area contributed by atoms with Gasteiger partial charge in [0.15, 0.2) is 11.5 Å². The zero-order valence-electron chi connectivity index (χ0n) is 22.0. The predicted molar refractivity (Wildman–Crippen MR) is 154 cm³/mol. The van der Waals surface area contributed by atoms with Gasteiger partial charge in [-0.2, -0.15) is 20.8 Å². The molecule has 0 aliphatic carbocycles. The molecule has 2 N–H and O–H groups in total. The third-order valence-corrected chi connectivity index (χ3v) is 8.32. The van der Waals surface area contributed by atoms with E-state index >= 15 is 0 Å². The van der Waals surface area contributed by atoms with E-state index in [1.54, 1.807) is 22.2 Å². The maximum absolute atomic E-state index is 12.4. The molecule has 202 valence electrons. The van der Waals surface area contributed by atoms with E-state index in [2.05, 4.69) is 43.0 Å². The first kappa shape index (κ1) is 25.7. The van der Waals surface area contributed by atoms with Gasteiger partial charge in [0.1, 0.15) is 11.5 Å². The number of aryl methyl sites for hydroxylation is 1. The van der Waals surface area contributed by atoms with Crippen molar-refractivity contribution in [1.82, 2.24) is 38.7 Å². The van der Waals surface area contributed by atoms with Crippen LogP contribution in [0.3, 0.4) is 0 Å². The fourth-order valence-electron chi connectivity index (χ4n) is 5.01. The van der Waals surface area contributed by atoms with Gasteiger partial charge in [-0.15, -0.1) is 0 Å². The second-order valence-corrected chi connectivity index (χ2v) is 11.8. The van der Waals surface area contributed by atoms with E-state index in [0.29, 0.717) is 12.4 Å². The standard InChI is InChI=1S/C27H31N9OS2/c1-18-4-3-6-34(12-18)15-22-8-25(39-33-22)32-26-27-29-11-23(36(27)13-19(2)31-26)21-10-30-35(14-21)16-24(37)28-9-20-5-7-38-17-20/h5,7-8,10-11,13-14,17-18H,3-4,6,9,12,15-16H2,1-2H3,(H,28,37)(H,31,32). The largest absolute Gasteiger partial charge is 0.350 e. The lowest BCUT2D eigenvalue weighted by molar-refractivity contribution is -0.122. The highest BCUT2D eigenvalue weighted by Gasteiger charge is 2.18. The number of piperidine rings is 1. The van der Waals surface area contributed by atoms with E-state index in [4.69, 9.17) is 4.98 Å². The van der Waals surface area contributed by atoms with Crippen molar-refractivity contribution in [3.05, 3.63) is 64.6 Å². The average molecular weight is 562 g/mol. The maximum atomic E-state index is 12.4. The van der Waals surface area contributed by atoms with Crippen LogP contribution in [-0.2, 0) is 24.4 Å². The number of aromatic nitrogens is 6. The smallest absolute Gasteiger partial charge is 0.241 e. The summed E-state index contributed by atoms with van der Waals surface area (Å²) >= 11 is 3.06. The summed E-state index contributed by atoms with van der Waals surface area (Å²) in [5.41, 5.74) is 5.51. The fraction of sp³-hybridized carbons (Fsp3) is 0.370. The molecule has 5 aromatic rings. The van der Waals surface area contributed by atoms with Crippen LogP contribution in [0.15, 0.2) is 47.7 Å². The number of hydrogen-bond acceptors (Lipinski definition) is 9. The molecule has 0 bridgehead atoms. The lowest BCUT2D eigenvalue weighted by Gasteiger charge is -2.30. The van der Waals surface area contributed by atoms with E-state index in [9.17, 15) is 4.79 Å². The van der Waals surface area contributed by atoms with Gasteiger partial charge in [-0.3, -0.25) is 18.8 Å². The average Bonchev–Trinajstić information content (AvgIpc) is 3.71. The number of thiophene rings is 1. The fourth-order valence-corrected chi connectivity index (χ4v) is 6.33. The highest BCUT2D eigenvalue weighted by atomic mass is 32.1. The van der Waals surface area contributed by atoms with Crippen LogP contribution in [0, 0.1) is 12.8 Å². The van der Waals surface area contributed by atoms with Gasteiger partial charge in [-0.05, 0) is 72.2 Å². The van der Waals surface area contributed by atoms with Crippen molar-refractivity contribution >= 4 is 45.2 Å². The Morgan fingerprint density at radius 2 is 2.18 bits per heavy atom. The molecule has 1 fully saturated rings. The monoisotopic (exact) mass is 561 g/mol. The highest BCUT2D eigenvalue weighted by molar-refractivity contribution is 7.10. The van der Waals surface area contributed by atoms with Crippen LogP contribution in [0.25, 0.3) is 16.9 Å². The summed E-state index contributed by atoms with van der Waals surface area (Å²) in [6, 6.07) is 4.12. The molecule has 1 unspecified atom stereocenters. The quantitative estimate of drug-likeness (QED) is 0.269. The Hall–Kier alpha value is -3.61. The molecule has 10 nitrogen and oxygen atoms in total. The zero-order chi connectivity index (χ0) is 26.8. The minimum absolute atomic E-state index is 0.0840. The van der Waals surface area contributed by atoms with Gasteiger partial charge in [0, 0.05) is 37.6 Å². The molecule has 1 saturated heterocycles. The summed E-state index contributed by atoms with van der Waals surface area (Å²) in [6.45, 7) is 8.10. The minimum atomic E-state index is -0.0840. The van der Waals surface area contributed by atoms with Crippen molar-refractivity contribution in [2.75, 3.05) is 18.4 Å². The van der Waals surface area contributed by atoms with Crippen LogP contribution in [0.5, 0.6) is 0 Å². The van der Waals surface area contributed by atoms with Crippen LogP contribution < -0.4 is 10.6 Å². The summed E-state index contributed by atoms with van der Waals surface area (Å²) in [7, 11) is 0. The first-order chi connectivity index (χ1) is 19.0. The van der Waals surface area contributed by atoms with Crippen molar-refractivity contribution in [1.29, 1.82) is 0 Å².